The topological polar surface area (TPSA) is 93.1 Å². The normalized spacial score (nSPS) is 11.1. The van der Waals surface area contributed by atoms with E-state index in [0.29, 0.717) is 21.3 Å². The number of aromatic hydroxyl groups is 1. The molecule has 2 N–H and O–H groups in total. The summed E-state index contributed by atoms with van der Waals surface area (Å²) in [6, 6.07) is 6.53. The molecule has 0 saturated heterocycles. The Balaban J connectivity index is 0.000000308. The van der Waals surface area contributed by atoms with Gasteiger partial charge in [0.25, 0.3) is 0 Å². The lowest BCUT2D eigenvalue weighted by molar-refractivity contribution is 0.0598. The van der Waals surface area contributed by atoms with Gasteiger partial charge in [-0.05, 0) is 51.5 Å². The van der Waals surface area contributed by atoms with Gasteiger partial charge in [0.2, 0.25) is 0 Å². The lowest BCUT2D eigenvalue weighted by Crippen LogP contribution is -2.12. The van der Waals surface area contributed by atoms with E-state index in [-0.39, 0.29) is 23.4 Å². The third-order valence-corrected chi connectivity index (χ3v) is 5.12. The number of aromatic carboxylic acids is 1. The van der Waals surface area contributed by atoms with Crippen molar-refractivity contribution >= 4 is 43.8 Å². The second-order valence-corrected chi connectivity index (χ2v) is 8.14. The molecule has 0 aromatic heterocycles. The van der Waals surface area contributed by atoms with Gasteiger partial charge in [-0.3, -0.25) is 0 Å². The standard InChI is InChI=1S/C13H17BrO3.C8H7BrO3/c1-5-8(2)17-12-7-10(14)6-11(9(12)3)13(15)16-4;1-4-6(8(11)12)2-5(9)3-7(4)10/h6-8H,5H2,1-4H3;2-3,10H,1H3,(H,11,12). The Morgan fingerprint density at radius 3 is 2.10 bits per heavy atom. The van der Waals surface area contributed by atoms with Crippen LogP contribution in [0.2, 0.25) is 0 Å². The quantitative estimate of drug-likeness (QED) is 0.468. The molecule has 29 heavy (non-hydrogen) atoms. The van der Waals surface area contributed by atoms with Crippen molar-refractivity contribution in [2.75, 3.05) is 7.11 Å². The van der Waals surface area contributed by atoms with E-state index < -0.39 is 5.97 Å². The molecule has 0 spiro atoms. The number of phenolic OH excluding ortho intramolecular Hbond substituents is 1. The summed E-state index contributed by atoms with van der Waals surface area (Å²) in [6.45, 7) is 7.47. The monoisotopic (exact) mass is 530 g/mol. The summed E-state index contributed by atoms with van der Waals surface area (Å²) < 4.78 is 11.9. The first-order valence-corrected chi connectivity index (χ1v) is 10.4. The highest BCUT2D eigenvalue weighted by atomic mass is 79.9. The van der Waals surface area contributed by atoms with Crippen molar-refractivity contribution in [3.63, 3.8) is 0 Å². The molecule has 0 bridgehead atoms. The van der Waals surface area contributed by atoms with Crippen molar-refractivity contribution in [1.82, 2.24) is 0 Å². The van der Waals surface area contributed by atoms with Gasteiger partial charge in [0, 0.05) is 20.1 Å². The van der Waals surface area contributed by atoms with Crippen molar-refractivity contribution < 1.29 is 29.3 Å². The van der Waals surface area contributed by atoms with E-state index >= 15 is 0 Å². The summed E-state index contributed by atoms with van der Waals surface area (Å²) in [5.74, 6) is -0.683. The molecule has 0 radical (unpaired) electrons. The summed E-state index contributed by atoms with van der Waals surface area (Å²) in [6.07, 6.45) is 1.04. The van der Waals surface area contributed by atoms with Crippen LogP contribution < -0.4 is 4.74 Å². The number of halogens is 2. The van der Waals surface area contributed by atoms with Crippen LogP contribution in [0.25, 0.3) is 0 Å². The van der Waals surface area contributed by atoms with E-state index in [2.05, 4.69) is 38.8 Å². The Kier molecular flexibility index (Phi) is 9.65. The zero-order valence-electron chi connectivity index (χ0n) is 16.9. The van der Waals surface area contributed by atoms with Crippen LogP contribution in [-0.2, 0) is 4.74 Å². The Labute approximate surface area is 187 Å². The van der Waals surface area contributed by atoms with Gasteiger partial charge < -0.3 is 19.7 Å². The maximum atomic E-state index is 11.6. The minimum absolute atomic E-state index is 0.0122. The Bertz CT molecular complexity index is 895. The summed E-state index contributed by atoms with van der Waals surface area (Å²) >= 11 is 6.46. The third-order valence-electron chi connectivity index (χ3n) is 4.21. The first-order chi connectivity index (χ1) is 13.5. The van der Waals surface area contributed by atoms with E-state index in [1.165, 1.54) is 19.2 Å². The average Bonchev–Trinajstić information content (AvgIpc) is 2.66. The predicted molar refractivity (Wildman–Crippen MR) is 118 cm³/mol. The van der Waals surface area contributed by atoms with Crippen LogP contribution in [0, 0.1) is 13.8 Å². The van der Waals surface area contributed by atoms with Gasteiger partial charge in [0.1, 0.15) is 11.5 Å². The van der Waals surface area contributed by atoms with Crippen LogP contribution in [-0.4, -0.2) is 35.4 Å². The maximum Gasteiger partial charge on any atom is 0.338 e. The van der Waals surface area contributed by atoms with E-state index in [0.717, 1.165) is 16.5 Å². The molecule has 2 aromatic rings. The zero-order valence-corrected chi connectivity index (χ0v) is 20.0. The number of carbonyl (C=O) groups is 2. The third kappa shape index (κ3) is 7.04. The molecule has 2 aromatic carbocycles. The second kappa shape index (κ2) is 11.2. The van der Waals surface area contributed by atoms with Crippen LogP contribution in [0.3, 0.4) is 0 Å². The van der Waals surface area contributed by atoms with Gasteiger partial charge in [-0.2, -0.15) is 0 Å². The maximum absolute atomic E-state index is 11.6. The number of esters is 1. The minimum Gasteiger partial charge on any atom is -0.508 e. The molecule has 8 heteroatoms. The van der Waals surface area contributed by atoms with Gasteiger partial charge >= 0.3 is 11.9 Å². The number of benzene rings is 2. The van der Waals surface area contributed by atoms with Gasteiger partial charge in [0.15, 0.2) is 0 Å². The van der Waals surface area contributed by atoms with Gasteiger partial charge in [-0.25, -0.2) is 9.59 Å². The molecule has 0 aliphatic rings. The summed E-state index contributed by atoms with van der Waals surface area (Å²) in [4.78, 5) is 22.2. The van der Waals surface area contributed by atoms with Crippen molar-refractivity contribution in [2.45, 2.75) is 40.2 Å². The van der Waals surface area contributed by atoms with E-state index in [4.69, 9.17) is 14.6 Å². The molecular weight excluding hydrogens is 508 g/mol. The molecule has 0 fully saturated rings. The number of rotatable bonds is 5. The molecular formula is C21H24Br2O6. The van der Waals surface area contributed by atoms with E-state index in [9.17, 15) is 14.7 Å². The minimum atomic E-state index is -1.04. The first-order valence-electron chi connectivity index (χ1n) is 8.79. The zero-order chi connectivity index (χ0) is 22.3. The molecule has 1 atom stereocenters. The number of hydrogen-bond donors (Lipinski definition) is 2. The second-order valence-electron chi connectivity index (χ2n) is 6.31. The smallest absolute Gasteiger partial charge is 0.338 e. The highest BCUT2D eigenvalue weighted by Crippen LogP contribution is 2.29. The average molecular weight is 532 g/mol. The number of carbonyl (C=O) groups excluding carboxylic acids is 1. The molecule has 0 aliphatic heterocycles. The van der Waals surface area contributed by atoms with Crippen molar-refractivity contribution in [1.29, 1.82) is 0 Å². The lowest BCUT2D eigenvalue weighted by atomic mass is 10.1. The number of phenols is 1. The Hall–Kier alpha value is -2.06. The Morgan fingerprint density at radius 1 is 1.03 bits per heavy atom. The van der Waals surface area contributed by atoms with Crippen LogP contribution in [0.1, 0.15) is 52.1 Å². The van der Waals surface area contributed by atoms with Crippen molar-refractivity contribution in [3.05, 3.63) is 55.5 Å². The first kappa shape index (κ1) is 25.0. The van der Waals surface area contributed by atoms with Gasteiger partial charge in [-0.15, -0.1) is 0 Å². The van der Waals surface area contributed by atoms with Gasteiger partial charge in [0.05, 0.1) is 24.3 Å². The molecule has 0 aliphatic carbocycles. The van der Waals surface area contributed by atoms with Crippen LogP contribution in [0.5, 0.6) is 11.5 Å². The highest BCUT2D eigenvalue weighted by molar-refractivity contribution is 9.10. The Morgan fingerprint density at radius 2 is 1.59 bits per heavy atom. The molecule has 6 nitrogen and oxygen atoms in total. The highest BCUT2D eigenvalue weighted by Gasteiger charge is 2.16. The molecule has 0 amide bonds. The van der Waals surface area contributed by atoms with Crippen LogP contribution >= 0.6 is 31.9 Å². The van der Waals surface area contributed by atoms with Crippen molar-refractivity contribution in [3.8, 4) is 11.5 Å². The number of carboxylic acids is 1. The van der Waals surface area contributed by atoms with E-state index in [1.54, 1.807) is 13.0 Å². The molecule has 0 saturated carbocycles. The van der Waals surface area contributed by atoms with Crippen molar-refractivity contribution in [2.24, 2.45) is 0 Å². The summed E-state index contributed by atoms with van der Waals surface area (Å²) in [5, 5.41) is 17.9. The molecule has 2 rings (SSSR count). The fraction of sp³-hybridized carbons (Fsp3) is 0.333. The number of hydrogen-bond acceptors (Lipinski definition) is 5. The SMILES string of the molecule is CCC(C)Oc1cc(Br)cc(C(=O)OC)c1C.Cc1c(O)cc(Br)cc1C(=O)O. The number of carboxylic acid groups (broad SMARTS) is 1. The number of methoxy groups -OCH3 is 1. The van der Waals surface area contributed by atoms with E-state index in [1.807, 2.05) is 19.9 Å². The fourth-order valence-electron chi connectivity index (χ4n) is 2.29. The lowest BCUT2D eigenvalue weighted by Gasteiger charge is -2.16. The molecule has 0 heterocycles. The fourth-order valence-corrected chi connectivity index (χ4v) is 3.17. The summed E-state index contributed by atoms with van der Waals surface area (Å²) in [7, 11) is 1.37. The van der Waals surface area contributed by atoms with Crippen LogP contribution in [0.15, 0.2) is 33.2 Å². The summed E-state index contributed by atoms with van der Waals surface area (Å²) in [5.41, 5.74) is 1.83. The largest absolute Gasteiger partial charge is 0.508 e. The number of ether oxygens (including phenoxy) is 2. The molecule has 158 valence electrons. The predicted octanol–water partition coefficient (Wildman–Crippen LogP) is 5.88. The van der Waals surface area contributed by atoms with Crippen LogP contribution in [0.4, 0.5) is 0 Å². The van der Waals surface area contributed by atoms with Gasteiger partial charge in [-0.1, -0.05) is 38.8 Å². The molecule has 1 unspecified atom stereocenters.